The lowest BCUT2D eigenvalue weighted by molar-refractivity contribution is -0.130. The molecule has 2 unspecified atom stereocenters. The molecule has 3 aliphatic rings. The minimum atomic E-state index is -0.0467. The fourth-order valence-electron chi connectivity index (χ4n) is 4.00. The van der Waals surface area contributed by atoms with E-state index in [4.69, 9.17) is 5.26 Å². The average Bonchev–Trinajstić information content (AvgIpc) is 3.23. The standard InChI is InChI=1S/C16H26N4OS/c17-11-18-8-12-6-7-20(9-12)16(21)15-19-14(10-22-15)13-4-2-1-3-5-13/h12-15,18-19H,1-10H2/t12-,14?,15?/m1/s1. The zero-order valence-corrected chi connectivity index (χ0v) is 13.9. The number of hydrogen-bond acceptors (Lipinski definition) is 5. The summed E-state index contributed by atoms with van der Waals surface area (Å²) in [5.74, 6) is 2.52. The molecule has 1 aliphatic carbocycles. The largest absolute Gasteiger partial charge is 0.340 e. The van der Waals surface area contributed by atoms with Gasteiger partial charge in [0.15, 0.2) is 6.19 Å². The van der Waals surface area contributed by atoms with Crippen molar-refractivity contribution >= 4 is 17.7 Å². The van der Waals surface area contributed by atoms with E-state index in [-0.39, 0.29) is 11.3 Å². The monoisotopic (exact) mass is 322 g/mol. The van der Waals surface area contributed by atoms with E-state index in [9.17, 15) is 4.79 Å². The van der Waals surface area contributed by atoms with Crippen molar-refractivity contribution in [1.29, 1.82) is 5.26 Å². The number of hydrogen-bond donors (Lipinski definition) is 2. The molecule has 0 bridgehead atoms. The van der Waals surface area contributed by atoms with E-state index < -0.39 is 0 Å². The maximum atomic E-state index is 12.7. The maximum absolute atomic E-state index is 12.7. The van der Waals surface area contributed by atoms with Gasteiger partial charge in [-0.25, -0.2) is 0 Å². The van der Waals surface area contributed by atoms with E-state index in [0.717, 1.165) is 31.2 Å². The summed E-state index contributed by atoms with van der Waals surface area (Å²) in [5.41, 5.74) is 0. The summed E-state index contributed by atoms with van der Waals surface area (Å²) in [5, 5.41) is 14.8. The van der Waals surface area contributed by atoms with E-state index in [1.54, 1.807) is 11.8 Å². The molecule has 6 heteroatoms. The molecule has 3 atom stereocenters. The first-order valence-electron chi connectivity index (χ1n) is 8.56. The van der Waals surface area contributed by atoms with Crippen molar-refractivity contribution < 1.29 is 4.79 Å². The Bertz CT molecular complexity index is 432. The second-order valence-electron chi connectivity index (χ2n) is 6.82. The zero-order valence-electron chi connectivity index (χ0n) is 13.1. The first-order chi connectivity index (χ1) is 10.8. The molecule has 1 saturated carbocycles. The van der Waals surface area contributed by atoms with Crippen LogP contribution in [0, 0.1) is 23.3 Å². The summed E-state index contributed by atoms with van der Waals surface area (Å²) in [6.45, 7) is 2.32. The number of thioether (sulfide) groups is 1. The lowest BCUT2D eigenvalue weighted by Crippen LogP contribution is -2.45. The van der Waals surface area contributed by atoms with Crippen LogP contribution in [0.1, 0.15) is 38.5 Å². The molecule has 0 aromatic carbocycles. The third-order valence-corrected chi connectivity index (χ3v) is 6.54. The fourth-order valence-corrected chi connectivity index (χ4v) is 5.33. The Balaban J connectivity index is 1.46. The van der Waals surface area contributed by atoms with Gasteiger partial charge in [0.2, 0.25) is 5.91 Å². The van der Waals surface area contributed by atoms with Crippen LogP contribution < -0.4 is 10.6 Å². The molecule has 0 spiro atoms. The van der Waals surface area contributed by atoms with E-state index >= 15 is 0 Å². The highest BCUT2D eigenvalue weighted by atomic mass is 32.2. The van der Waals surface area contributed by atoms with Crippen LogP contribution in [0.4, 0.5) is 0 Å². The smallest absolute Gasteiger partial charge is 0.250 e. The number of likely N-dealkylation sites (tertiary alicyclic amines) is 1. The summed E-state index contributed by atoms with van der Waals surface area (Å²) in [6, 6.07) is 0.526. The van der Waals surface area contributed by atoms with Gasteiger partial charge < -0.3 is 10.2 Å². The van der Waals surface area contributed by atoms with Crippen molar-refractivity contribution in [2.45, 2.75) is 49.9 Å². The summed E-state index contributed by atoms with van der Waals surface area (Å²) in [4.78, 5) is 14.6. The molecule has 2 heterocycles. The van der Waals surface area contributed by atoms with Crippen LogP contribution in [0.25, 0.3) is 0 Å². The Labute approximate surface area is 137 Å². The van der Waals surface area contributed by atoms with Crippen LogP contribution in [0.2, 0.25) is 0 Å². The summed E-state index contributed by atoms with van der Waals surface area (Å²) in [6.07, 6.45) is 9.70. The third-order valence-electron chi connectivity index (χ3n) is 5.32. The Morgan fingerprint density at radius 2 is 2.14 bits per heavy atom. The Kier molecular flexibility index (Phi) is 5.48. The van der Waals surface area contributed by atoms with Gasteiger partial charge in [-0.3, -0.25) is 10.1 Å². The molecule has 2 N–H and O–H groups in total. The lowest BCUT2D eigenvalue weighted by Gasteiger charge is -2.28. The molecule has 3 fully saturated rings. The van der Waals surface area contributed by atoms with Gasteiger partial charge in [-0.1, -0.05) is 19.3 Å². The van der Waals surface area contributed by atoms with E-state index in [1.807, 2.05) is 11.1 Å². The molecule has 0 aromatic rings. The quantitative estimate of drug-likeness (QED) is 0.607. The van der Waals surface area contributed by atoms with Gasteiger partial charge in [0, 0.05) is 31.4 Å². The van der Waals surface area contributed by atoms with Gasteiger partial charge >= 0.3 is 0 Å². The summed E-state index contributed by atoms with van der Waals surface area (Å²) in [7, 11) is 0. The van der Waals surface area contributed by atoms with Crippen LogP contribution in [-0.4, -0.2) is 47.6 Å². The molecule has 122 valence electrons. The SMILES string of the molecule is N#CNC[C@H]1CCN(C(=O)C2NC(C3CCCCC3)CS2)C1. The van der Waals surface area contributed by atoms with Crippen LogP contribution >= 0.6 is 11.8 Å². The first-order valence-corrected chi connectivity index (χ1v) is 9.61. The minimum Gasteiger partial charge on any atom is -0.340 e. The summed E-state index contributed by atoms with van der Waals surface area (Å²) < 4.78 is 0. The van der Waals surface area contributed by atoms with Gasteiger partial charge in [-0.15, -0.1) is 11.8 Å². The number of carbonyl (C=O) groups excluding carboxylic acids is 1. The van der Waals surface area contributed by atoms with Gasteiger partial charge in [-0.2, -0.15) is 5.26 Å². The van der Waals surface area contributed by atoms with Crippen molar-refractivity contribution in [3.05, 3.63) is 0 Å². The van der Waals surface area contributed by atoms with Crippen LogP contribution in [0.15, 0.2) is 0 Å². The average molecular weight is 322 g/mol. The molecule has 3 rings (SSSR count). The highest BCUT2D eigenvalue weighted by molar-refractivity contribution is 8.00. The Morgan fingerprint density at radius 3 is 2.91 bits per heavy atom. The van der Waals surface area contributed by atoms with Crippen molar-refractivity contribution in [3.63, 3.8) is 0 Å². The number of nitrogens with one attached hydrogen (secondary N) is 2. The number of amides is 1. The number of rotatable bonds is 4. The van der Waals surface area contributed by atoms with E-state index in [0.29, 0.717) is 18.5 Å². The normalized spacial score (nSPS) is 32.9. The Hall–Kier alpha value is -0.930. The van der Waals surface area contributed by atoms with Crippen molar-refractivity contribution in [3.8, 4) is 6.19 Å². The highest BCUT2D eigenvalue weighted by Gasteiger charge is 2.38. The van der Waals surface area contributed by atoms with Crippen LogP contribution in [0.3, 0.4) is 0 Å². The van der Waals surface area contributed by atoms with Gasteiger partial charge in [-0.05, 0) is 31.1 Å². The molecular weight excluding hydrogens is 296 g/mol. The predicted octanol–water partition coefficient (Wildman–Crippen LogP) is 1.52. The maximum Gasteiger partial charge on any atom is 0.250 e. The zero-order chi connectivity index (χ0) is 15.4. The van der Waals surface area contributed by atoms with E-state index in [1.165, 1.54) is 32.1 Å². The van der Waals surface area contributed by atoms with Gasteiger partial charge in [0.1, 0.15) is 5.37 Å². The first kappa shape index (κ1) is 15.9. The molecule has 0 aromatic heterocycles. The van der Waals surface area contributed by atoms with Crippen molar-refractivity contribution in [1.82, 2.24) is 15.5 Å². The molecule has 5 nitrogen and oxygen atoms in total. The molecule has 22 heavy (non-hydrogen) atoms. The second-order valence-corrected chi connectivity index (χ2v) is 7.95. The lowest BCUT2D eigenvalue weighted by atomic mass is 9.84. The third kappa shape index (κ3) is 3.69. The predicted molar refractivity (Wildman–Crippen MR) is 88.0 cm³/mol. The molecule has 0 radical (unpaired) electrons. The van der Waals surface area contributed by atoms with Crippen molar-refractivity contribution in [2.75, 3.05) is 25.4 Å². The number of nitriles is 1. The number of nitrogens with zero attached hydrogens (tertiary/aromatic N) is 2. The van der Waals surface area contributed by atoms with E-state index in [2.05, 4.69) is 10.6 Å². The van der Waals surface area contributed by atoms with Crippen molar-refractivity contribution in [2.24, 2.45) is 11.8 Å². The van der Waals surface area contributed by atoms with Crippen LogP contribution in [-0.2, 0) is 4.79 Å². The molecule has 2 saturated heterocycles. The second kappa shape index (κ2) is 7.56. The summed E-state index contributed by atoms with van der Waals surface area (Å²) >= 11 is 1.79. The Morgan fingerprint density at radius 1 is 1.32 bits per heavy atom. The minimum absolute atomic E-state index is 0.0467. The van der Waals surface area contributed by atoms with Crippen LogP contribution in [0.5, 0.6) is 0 Å². The molecule has 2 aliphatic heterocycles. The highest BCUT2D eigenvalue weighted by Crippen LogP contribution is 2.33. The fraction of sp³-hybridized carbons (Fsp3) is 0.875. The van der Waals surface area contributed by atoms with Gasteiger partial charge in [0.05, 0.1) is 0 Å². The van der Waals surface area contributed by atoms with Gasteiger partial charge in [0.25, 0.3) is 0 Å². The topological polar surface area (TPSA) is 68.2 Å². The molecular formula is C16H26N4OS. The molecule has 1 amide bonds. The number of carbonyl (C=O) groups is 1.